The molecule has 0 fully saturated rings. The van der Waals surface area contributed by atoms with Crippen LogP contribution in [0.3, 0.4) is 0 Å². The number of nitrogen functional groups attached to an aromatic ring is 1. The predicted molar refractivity (Wildman–Crippen MR) is 128 cm³/mol. The molecule has 182 valence electrons. The normalized spacial score (nSPS) is 12.8. The van der Waals surface area contributed by atoms with Crippen LogP contribution in [0.4, 0.5) is 5.69 Å². The standard InChI is InChI=1S/C25H28ClNO7/c1-13(7-11-19(28)34-17-9-10-18(30-3)24(32-5)21(17)26)6-8-15-22(27)20-16(12-33-25(20)29)14(2)23(15)31-4/h6,9-10H,7-8,11-12,27H2,1-5H3. The van der Waals surface area contributed by atoms with Gasteiger partial charge in [-0.1, -0.05) is 23.3 Å². The van der Waals surface area contributed by atoms with Gasteiger partial charge in [0.2, 0.25) is 0 Å². The van der Waals surface area contributed by atoms with Gasteiger partial charge in [0, 0.05) is 17.5 Å². The Balaban J connectivity index is 1.68. The summed E-state index contributed by atoms with van der Waals surface area (Å²) in [6, 6.07) is 3.17. The van der Waals surface area contributed by atoms with Gasteiger partial charge in [0.05, 0.1) is 32.6 Å². The van der Waals surface area contributed by atoms with E-state index in [1.54, 1.807) is 19.2 Å². The van der Waals surface area contributed by atoms with Gasteiger partial charge in [-0.25, -0.2) is 4.79 Å². The minimum atomic E-state index is -0.435. The molecular formula is C25H28ClNO7. The summed E-state index contributed by atoms with van der Waals surface area (Å²) in [7, 11) is 4.52. The van der Waals surface area contributed by atoms with Gasteiger partial charge in [0.25, 0.3) is 0 Å². The molecule has 0 unspecified atom stereocenters. The maximum absolute atomic E-state index is 12.4. The molecule has 8 nitrogen and oxygen atoms in total. The van der Waals surface area contributed by atoms with E-state index in [2.05, 4.69) is 0 Å². The molecule has 9 heteroatoms. The molecule has 3 rings (SSSR count). The summed E-state index contributed by atoms with van der Waals surface area (Å²) in [5.74, 6) is 0.721. The maximum atomic E-state index is 12.4. The zero-order valence-electron chi connectivity index (χ0n) is 19.9. The summed E-state index contributed by atoms with van der Waals surface area (Å²) in [6.07, 6.45) is 3.02. The van der Waals surface area contributed by atoms with Gasteiger partial charge >= 0.3 is 11.9 Å². The largest absolute Gasteiger partial charge is 0.496 e. The molecule has 1 heterocycles. The van der Waals surface area contributed by atoms with E-state index in [0.717, 1.165) is 22.3 Å². The van der Waals surface area contributed by atoms with Crippen LogP contribution in [0.2, 0.25) is 5.02 Å². The number of carbonyl (C=O) groups excluding carboxylic acids is 2. The number of anilines is 1. The SMILES string of the molecule is COc1ccc(OC(=O)CCC(C)=CCc2c(N)c3c(c(C)c2OC)COC3=O)c(Cl)c1OC. The average Bonchev–Trinajstić information content (AvgIpc) is 3.22. The van der Waals surface area contributed by atoms with Crippen LogP contribution in [0.5, 0.6) is 23.0 Å². The number of cyclic esters (lactones) is 1. The van der Waals surface area contributed by atoms with E-state index in [9.17, 15) is 9.59 Å². The van der Waals surface area contributed by atoms with Crippen molar-refractivity contribution in [1.29, 1.82) is 0 Å². The Bertz CT molecular complexity index is 1160. The molecule has 0 spiro atoms. The van der Waals surface area contributed by atoms with Crippen LogP contribution in [-0.4, -0.2) is 33.3 Å². The van der Waals surface area contributed by atoms with Crippen molar-refractivity contribution in [2.24, 2.45) is 0 Å². The molecule has 0 bridgehead atoms. The summed E-state index contributed by atoms with van der Waals surface area (Å²) < 4.78 is 26.5. The third-order valence-electron chi connectivity index (χ3n) is 5.77. The number of benzene rings is 2. The van der Waals surface area contributed by atoms with Gasteiger partial charge < -0.3 is 29.4 Å². The van der Waals surface area contributed by atoms with Crippen molar-refractivity contribution in [1.82, 2.24) is 0 Å². The minimum absolute atomic E-state index is 0.148. The third-order valence-corrected chi connectivity index (χ3v) is 6.13. The lowest BCUT2D eigenvalue weighted by molar-refractivity contribution is -0.134. The number of esters is 2. The highest BCUT2D eigenvalue weighted by atomic mass is 35.5. The fourth-order valence-corrected chi connectivity index (χ4v) is 4.16. The smallest absolute Gasteiger partial charge is 0.341 e. The first kappa shape index (κ1) is 25.2. The first-order valence-corrected chi connectivity index (χ1v) is 11.0. The number of methoxy groups -OCH3 is 3. The van der Waals surface area contributed by atoms with E-state index >= 15 is 0 Å². The molecule has 0 saturated heterocycles. The number of ether oxygens (including phenoxy) is 5. The van der Waals surface area contributed by atoms with Gasteiger partial charge in [-0.2, -0.15) is 0 Å². The Morgan fingerprint density at radius 1 is 1.12 bits per heavy atom. The zero-order chi connectivity index (χ0) is 25.0. The Morgan fingerprint density at radius 3 is 2.44 bits per heavy atom. The van der Waals surface area contributed by atoms with E-state index in [-0.39, 0.29) is 23.8 Å². The molecule has 0 aromatic heterocycles. The lowest BCUT2D eigenvalue weighted by Crippen LogP contribution is -2.09. The highest BCUT2D eigenvalue weighted by Crippen LogP contribution is 2.42. The van der Waals surface area contributed by atoms with Crippen molar-refractivity contribution >= 4 is 29.2 Å². The summed E-state index contributed by atoms with van der Waals surface area (Å²) in [4.78, 5) is 24.5. The molecule has 2 N–H and O–H groups in total. The lowest BCUT2D eigenvalue weighted by Gasteiger charge is -2.16. The number of rotatable bonds is 9. The molecule has 0 saturated carbocycles. The van der Waals surface area contributed by atoms with Crippen molar-refractivity contribution in [3.05, 3.63) is 51.1 Å². The Hall–Kier alpha value is -3.39. The predicted octanol–water partition coefficient (Wildman–Crippen LogP) is 4.80. The third kappa shape index (κ3) is 4.92. The van der Waals surface area contributed by atoms with Crippen molar-refractivity contribution < 1.29 is 33.3 Å². The summed E-state index contributed by atoms with van der Waals surface area (Å²) in [5, 5.41) is 0.163. The van der Waals surface area contributed by atoms with E-state index in [4.69, 9.17) is 41.0 Å². The fraction of sp³-hybridized carbons (Fsp3) is 0.360. The number of nitrogens with two attached hydrogens (primary N) is 1. The van der Waals surface area contributed by atoms with Crippen molar-refractivity contribution in [2.45, 2.75) is 39.7 Å². The Kier molecular flexibility index (Phi) is 7.94. The molecule has 1 aliphatic heterocycles. The van der Waals surface area contributed by atoms with E-state index in [1.807, 2.05) is 19.9 Å². The molecule has 0 atom stereocenters. The molecule has 0 aliphatic carbocycles. The molecule has 0 radical (unpaired) electrons. The number of hydrogen-bond acceptors (Lipinski definition) is 8. The van der Waals surface area contributed by atoms with Gasteiger partial charge in [-0.05, 0) is 44.4 Å². The molecule has 34 heavy (non-hydrogen) atoms. The van der Waals surface area contributed by atoms with E-state index in [0.29, 0.717) is 41.3 Å². The molecule has 0 amide bonds. The van der Waals surface area contributed by atoms with Gasteiger partial charge in [-0.15, -0.1) is 0 Å². The van der Waals surface area contributed by atoms with Crippen LogP contribution in [0, 0.1) is 6.92 Å². The number of hydrogen-bond donors (Lipinski definition) is 1. The van der Waals surface area contributed by atoms with Crippen LogP contribution in [0.15, 0.2) is 23.8 Å². The summed E-state index contributed by atoms with van der Waals surface area (Å²) in [6.45, 7) is 3.99. The molecular weight excluding hydrogens is 462 g/mol. The van der Waals surface area contributed by atoms with Crippen molar-refractivity contribution in [2.75, 3.05) is 27.1 Å². The highest BCUT2D eigenvalue weighted by Gasteiger charge is 2.30. The van der Waals surface area contributed by atoms with Crippen molar-refractivity contribution in [3.63, 3.8) is 0 Å². The molecule has 2 aromatic rings. The summed E-state index contributed by atoms with van der Waals surface area (Å²) in [5.41, 5.74) is 10.4. The fourth-order valence-electron chi connectivity index (χ4n) is 3.89. The number of allylic oxidation sites excluding steroid dienone is 2. The van der Waals surface area contributed by atoms with E-state index in [1.165, 1.54) is 14.2 Å². The summed E-state index contributed by atoms with van der Waals surface area (Å²) >= 11 is 6.27. The van der Waals surface area contributed by atoms with Gasteiger partial charge in [0.15, 0.2) is 17.2 Å². The zero-order valence-corrected chi connectivity index (χ0v) is 20.6. The van der Waals surface area contributed by atoms with Crippen LogP contribution in [-0.2, 0) is 22.6 Å². The quantitative estimate of drug-likeness (QED) is 0.231. The van der Waals surface area contributed by atoms with Crippen molar-refractivity contribution in [3.8, 4) is 23.0 Å². The maximum Gasteiger partial charge on any atom is 0.341 e. The number of carbonyl (C=O) groups is 2. The van der Waals surface area contributed by atoms with E-state index < -0.39 is 11.9 Å². The topological polar surface area (TPSA) is 106 Å². The highest BCUT2D eigenvalue weighted by molar-refractivity contribution is 6.34. The second kappa shape index (κ2) is 10.7. The van der Waals surface area contributed by atoms with Crippen LogP contribution in [0.1, 0.15) is 46.8 Å². The number of halogens is 1. The minimum Gasteiger partial charge on any atom is -0.496 e. The molecule has 2 aromatic carbocycles. The molecule has 1 aliphatic rings. The average molecular weight is 490 g/mol. The first-order valence-electron chi connectivity index (χ1n) is 10.6. The van der Waals surface area contributed by atoms with Gasteiger partial charge in [0.1, 0.15) is 17.4 Å². The Morgan fingerprint density at radius 2 is 1.79 bits per heavy atom. The second-order valence-electron chi connectivity index (χ2n) is 7.82. The first-order chi connectivity index (χ1) is 16.2. The van der Waals surface area contributed by atoms with Gasteiger partial charge in [-0.3, -0.25) is 4.79 Å². The number of fused-ring (bicyclic) bond motifs is 1. The monoisotopic (exact) mass is 489 g/mol. The van der Waals surface area contributed by atoms with Crippen LogP contribution < -0.4 is 24.7 Å². The Labute approximate surface area is 203 Å². The second-order valence-corrected chi connectivity index (χ2v) is 8.20. The lowest BCUT2D eigenvalue weighted by atomic mass is 9.94. The van der Waals surface area contributed by atoms with Crippen LogP contribution in [0.25, 0.3) is 0 Å². The van der Waals surface area contributed by atoms with Crippen LogP contribution >= 0.6 is 11.6 Å².